The average Bonchev–Trinajstić information content (AvgIpc) is 3.10. The van der Waals surface area contributed by atoms with Crippen molar-refractivity contribution in [2.24, 2.45) is 0 Å². The van der Waals surface area contributed by atoms with E-state index >= 15 is 0 Å². The Morgan fingerprint density at radius 2 is 1.85 bits per heavy atom. The van der Waals surface area contributed by atoms with Gasteiger partial charge in [-0.2, -0.15) is 0 Å². The van der Waals surface area contributed by atoms with Gasteiger partial charge in [-0.3, -0.25) is 9.69 Å². The van der Waals surface area contributed by atoms with E-state index in [9.17, 15) is 9.18 Å². The number of nitrogens with one attached hydrogen (secondary N) is 1. The third kappa shape index (κ3) is 3.90. The molecule has 2 heterocycles. The average molecular weight is 364 g/mol. The highest BCUT2D eigenvalue weighted by Crippen LogP contribution is 2.25. The SMILES string of the molecule is O=C1NCCN(Cc2nccn2Cc2ccccc2)C1c1ccc(F)cc1. The Bertz CT molecular complexity index is 907. The molecule has 1 fully saturated rings. The third-order valence-electron chi connectivity index (χ3n) is 4.84. The van der Waals surface area contributed by atoms with Crippen LogP contribution in [0.5, 0.6) is 0 Å². The first-order valence-electron chi connectivity index (χ1n) is 9.02. The third-order valence-corrected chi connectivity index (χ3v) is 4.84. The van der Waals surface area contributed by atoms with Crippen LogP contribution in [0.3, 0.4) is 0 Å². The maximum absolute atomic E-state index is 13.3. The van der Waals surface area contributed by atoms with Crippen molar-refractivity contribution in [1.82, 2.24) is 19.8 Å². The quantitative estimate of drug-likeness (QED) is 0.757. The molecule has 1 aromatic heterocycles. The molecule has 0 aliphatic carbocycles. The molecule has 0 bridgehead atoms. The Kier molecular flexibility index (Phi) is 4.98. The molecule has 1 atom stereocenters. The molecule has 0 spiro atoms. The summed E-state index contributed by atoms with van der Waals surface area (Å²) >= 11 is 0. The second-order valence-electron chi connectivity index (χ2n) is 6.67. The smallest absolute Gasteiger partial charge is 0.242 e. The zero-order chi connectivity index (χ0) is 18.6. The lowest BCUT2D eigenvalue weighted by atomic mass is 10.0. The van der Waals surface area contributed by atoms with Gasteiger partial charge in [0, 0.05) is 32.0 Å². The Hall–Kier alpha value is -2.99. The van der Waals surface area contributed by atoms with E-state index in [1.807, 2.05) is 24.4 Å². The zero-order valence-electron chi connectivity index (χ0n) is 14.9. The number of hydrogen-bond acceptors (Lipinski definition) is 3. The van der Waals surface area contributed by atoms with Crippen LogP contribution in [0.2, 0.25) is 0 Å². The van der Waals surface area contributed by atoms with E-state index in [1.165, 1.54) is 17.7 Å². The molecule has 4 rings (SSSR count). The maximum atomic E-state index is 13.3. The van der Waals surface area contributed by atoms with Gasteiger partial charge < -0.3 is 9.88 Å². The Morgan fingerprint density at radius 1 is 1.07 bits per heavy atom. The van der Waals surface area contributed by atoms with Gasteiger partial charge in [0.15, 0.2) is 0 Å². The number of amides is 1. The monoisotopic (exact) mass is 364 g/mol. The predicted octanol–water partition coefficient (Wildman–Crippen LogP) is 2.74. The summed E-state index contributed by atoms with van der Waals surface area (Å²) in [4.78, 5) is 19.1. The van der Waals surface area contributed by atoms with Gasteiger partial charge in [-0.05, 0) is 23.3 Å². The van der Waals surface area contributed by atoms with Crippen molar-refractivity contribution >= 4 is 5.91 Å². The van der Waals surface area contributed by atoms with Crippen LogP contribution in [0.15, 0.2) is 67.0 Å². The number of piperazine rings is 1. The minimum Gasteiger partial charge on any atom is -0.353 e. The highest BCUT2D eigenvalue weighted by Gasteiger charge is 2.31. The fourth-order valence-electron chi connectivity index (χ4n) is 3.49. The van der Waals surface area contributed by atoms with Crippen molar-refractivity contribution in [3.8, 4) is 0 Å². The Morgan fingerprint density at radius 3 is 2.63 bits per heavy atom. The fraction of sp³-hybridized carbons (Fsp3) is 0.238. The number of rotatable bonds is 5. The van der Waals surface area contributed by atoms with Crippen LogP contribution in [0.1, 0.15) is 23.0 Å². The number of aromatic nitrogens is 2. The fourth-order valence-corrected chi connectivity index (χ4v) is 3.49. The summed E-state index contributed by atoms with van der Waals surface area (Å²) in [5, 5.41) is 2.91. The highest BCUT2D eigenvalue weighted by atomic mass is 19.1. The van der Waals surface area contributed by atoms with Crippen LogP contribution >= 0.6 is 0 Å². The maximum Gasteiger partial charge on any atom is 0.242 e. The summed E-state index contributed by atoms with van der Waals surface area (Å²) in [5.74, 6) is 0.537. The molecule has 3 aromatic rings. The molecule has 0 radical (unpaired) electrons. The van der Waals surface area contributed by atoms with Gasteiger partial charge in [-0.1, -0.05) is 42.5 Å². The molecule has 1 amide bonds. The lowest BCUT2D eigenvalue weighted by Crippen LogP contribution is -2.49. The molecule has 1 saturated heterocycles. The van der Waals surface area contributed by atoms with E-state index in [-0.39, 0.29) is 11.7 Å². The molecular weight excluding hydrogens is 343 g/mol. The van der Waals surface area contributed by atoms with Crippen molar-refractivity contribution in [2.45, 2.75) is 19.1 Å². The van der Waals surface area contributed by atoms with Gasteiger partial charge >= 0.3 is 0 Å². The first kappa shape index (κ1) is 17.4. The minimum atomic E-state index is -0.443. The number of carbonyl (C=O) groups is 1. The van der Waals surface area contributed by atoms with Gasteiger partial charge in [0.05, 0.1) is 6.54 Å². The molecule has 5 nitrogen and oxygen atoms in total. The lowest BCUT2D eigenvalue weighted by molar-refractivity contribution is -0.129. The van der Waals surface area contributed by atoms with Gasteiger partial charge in [-0.25, -0.2) is 9.37 Å². The van der Waals surface area contributed by atoms with E-state index in [2.05, 4.69) is 31.9 Å². The van der Waals surface area contributed by atoms with Crippen LogP contribution in [0, 0.1) is 5.82 Å². The Balaban J connectivity index is 1.56. The van der Waals surface area contributed by atoms with E-state index in [1.54, 1.807) is 18.3 Å². The first-order chi connectivity index (χ1) is 13.2. The van der Waals surface area contributed by atoms with Crippen molar-refractivity contribution in [3.05, 3.63) is 89.8 Å². The summed E-state index contributed by atoms with van der Waals surface area (Å²) in [6.07, 6.45) is 3.74. The van der Waals surface area contributed by atoms with Crippen molar-refractivity contribution in [3.63, 3.8) is 0 Å². The molecule has 1 N–H and O–H groups in total. The molecule has 27 heavy (non-hydrogen) atoms. The number of halogens is 1. The lowest BCUT2D eigenvalue weighted by Gasteiger charge is -2.35. The molecule has 6 heteroatoms. The molecular formula is C21H21FN4O. The largest absolute Gasteiger partial charge is 0.353 e. The Labute approximate surface area is 157 Å². The second-order valence-corrected chi connectivity index (χ2v) is 6.67. The van der Waals surface area contributed by atoms with E-state index in [4.69, 9.17) is 0 Å². The predicted molar refractivity (Wildman–Crippen MR) is 100 cm³/mol. The molecule has 0 saturated carbocycles. The van der Waals surface area contributed by atoms with Crippen LogP contribution < -0.4 is 5.32 Å². The van der Waals surface area contributed by atoms with Gasteiger partial charge in [0.25, 0.3) is 0 Å². The minimum absolute atomic E-state index is 0.0611. The van der Waals surface area contributed by atoms with Crippen molar-refractivity contribution < 1.29 is 9.18 Å². The topological polar surface area (TPSA) is 50.2 Å². The van der Waals surface area contributed by atoms with Crippen LogP contribution in [0.25, 0.3) is 0 Å². The van der Waals surface area contributed by atoms with E-state index in [0.717, 1.165) is 17.9 Å². The zero-order valence-corrected chi connectivity index (χ0v) is 14.9. The van der Waals surface area contributed by atoms with Crippen molar-refractivity contribution in [2.75, 3.05) is 13.1 Å². The summed E-state index contributed by atoms with van der Waals surface area (Å²) < 4.78 is 15.4. The second kappa shape index (κ2) is 7.72. The normalized spacial score (nSPS) is 17.7. The molecule has 1 unspecified atom stereocenters. The van der Waals surface area contributed by atoms with Crippen molar-refractivity contribution in [1.29, 1.82) is 0 Å². The first-order valence-corrected chi connectivity index (χ1v) is 9.02. The summed E-state index contributed by atoms with van der Waals surface area (Å²) in [5.41, 5.74) is 1.98. The molecule has 1 aliphatic heterocycles. The highest BCUT2D eigenvalue weighted by molar-refractivity contribution is 5.83. The molecule has 138 valence electrons. The number of nitrogens with zero attached hydrogens (tertiary/aromatic N) is 3. The number of benzene rings is 2. The number of carbonyl (C=O) groups excluding carboxylic acids is 1. The van der Waals surface area contributed by atoms with E-state index in [0.29, 0.717) is 19.6 Å². The number of hydrogen-bond donors (Lipinski definition) is 1. The van der Waals surface area contributed by atoms with Gasteiger partial charge in [-0.15, -0.1) is 0 Å². The molecule has 2 aromatic carbocycles. The van der Waals surface area contributed by atoms with Crippen LogP contribution in [-0.4, -0.2) is 33.4 Å². The summed E-state index contributed by atoms with van der Waals surface area (Å²) in [6.45, 7) is 2.59. The van der Waals surface area contributed by atoms with Crippen LogP contribution in [0.4, 0.5) is 4.39 Å². The summed E-state index contributed by atoms with van der Waals surface area (Å²) in [7, 11) is 0. The standard InChI is InChI=1S/C21H21FN4O/c22-18-8-6-17(7-9-18)20-21(27)24-11-13-26(20)15-19-23-10-12-25(19)14-16-4-2-1-3-5-16/h1-10,12,20H,11,13-15H2,(H,24,27). The van der Waals surface area contributed by atoms with Gasteiger partial charge in [0.1, 0.15) is 17.7 Å². The summed E-state index contributed by atoms with van der Waals surface area (Å²) in [6, 6.07) is 15.9. The van der Waals surface area contributed by atoms with Crippen LogP contribution in [-0.2, 0) is 17.9 Å². The van der Waals surface area contributed by atoms with E-state index < -0.39 is 6.04 Å². The number of imidazole rings is 1. The molecule has 1 aliphatic rings. The van der Waals surface area contributed by atoms with Gasteiger partial charge in [0.2, 0.25) is 5.91 Å².